The summed E-state index contributed by atoms with van der Waals surface area (Å²) in [6.45, 7) is 2.88. The van der Waals surface area contributed by atoms with Crippen LogP contribution in [0.2, 0.25) is 0 Å². The highest BCUT2D eigenvalue weighted by Crippen LogP contribution is 2.23. The number of carbonyl (C=O) groups excluding carboxylic acids is 1. The van der Waals surface area contributed by atoms with Crippen molar-refractivity contribution in [2.24, 2.45) is 4.99 Å². The van der Waals surface area contributed by atoms with E-state index in [0.717, 1.165) is 11.1 Å². The van der Waals surface area contributed by atoms with Gasteiger partial charge in [-0.25, -0.2) is 0 Å². The lowest BCUT2D eigenvalue weighted by Crippen LogP contribution is -2.19. The zero-order chi connectivity index (χ0) is 18.7. The maximum absolute atomic E-state index is 12.5. The summed E-state index contributed by atoms with van der Waals surface area (Å²) in [5.41, 5.74) is 2.35. The minimum Gasteiger partial charge on any atom is -0.383 e. The molecule has 3 aromatic rings. The van der Waals surface area contributed by atoms with Crippen molar-refractivity contribution in [2.45, 2.75) is 13.5 Å². The third-order valence-corrected chi connectivity index (χ3v) is 4.93. The molecule has 0 atom stereocenters. The van der Waals surface area contributed by atoms with Gasteiger partial charge in [-0.15, -0.1) is 0 Å². The largest absolute Gasteiger partial charge is 0.383 e. The number of carbonyl (C=O) groups is 1. The molecule has 0 radical (unpaired) electrons. The van der Waals surface area contributed by atoms with E-state index in [1.807, 2.05) is 23.6 Å². The van der Waals surface area contributed by atoms with Crippen LogP contribution >= 0.6 is 11.3 Å². The number of nitro groups is 1. The summed E-state index contributed by atoms with van der Waals surface area (Å²) in [4.78, 5) is 27.8. The minimum absolute atomic E-state index is 0.00838. The summed E-state index contributed by atoms with van der Waals surface area (Å²) in [6.07, 6.45) is 0. The molecule has 8 heteroatoms. The molecule has 0 fully saturated rings. The monoisotopic (exact) mass is 371 g/mol. The van der Waals surface area contributed by atoms with Crippen LogP contribution in [0.25, 0.3) is 10.2 Å². The number of rotatable bonds is 5. The molecular formula is C18H17N3O4S. The van der Waals surface area contributed by atoms with Crippen molar-refractivity contribution in [3.05, 3.63) is 68.5 Å². The van der Waals surface area contributed by atoms with Crippen molar-refractivity contribution in [1.82, 2.24) is 4.57 Å². The van der Waals surface area contributed by atoms with Gasteiger partial charge in [0.1, 0.15) is 0 Å². The Morgan fingerprint density at radius 3 is 2.65 bits per heavy atom. The van der Waals surface area contributed by atoms with Crippen LogP contribution in [0.1, 0.15) is 15.9 Å². The number of hydrogen-bond donors (Lipinski definition) is 0. The minimum atomic E-state index is -0.438. The number of aromatic nitrogens is 1. The molecule has 0 unspecified atom stereocenters. The number of benzene rings is 2. The number of aryl methyl sites for hydroxylation is 1. The Morgan fingerprint density at radius 1 is 1.27 bits per heavy atom. The van der Waals surface area contributed by atoms with Gasteiger partial charge in [-0.2, -0.15) is 4.99 Å². The molecule has 2 aromatic carbocycles. The molecule has 0 aliphatic heterocycles. The fourth-order valence-electron chi connectivity index (χ4n) is 2.51. The molecule has 0 saturated heterocycles. The highest BCUT2D eigenvalue weighted by atomic mass is 32.1. The molecule has 1 aromatic heterocycles. The van der Waals surface area contributed by atoms with Crippen LogP contribution in [-0.2, 0) is 11.3 Å². The number of ether oxygens (including phenoxy) is 1. The van der Waals surface area contributed by atoms with Crippen LogP contribution in [0.5, 0.6) is 0 Å². The Hall–Kier alpha value is -2.84. The molecule has 7 nitrogen and oxygen atoms in total. The third kappa shape index (κ3) is 3.71. The zero-order valence-corrected chi connectivity index (χ0v) is 15.2. The van der Waals surface area contributed by atoms with E-state index in [-0.39, 0.29) is 11.6 Å². The average Bonchev–Trinajstić information content (AvgIpc) is 2.96. The Labute approximate surface area is 153 Å². The predicted molar refractivity (Wildman–Crippen MR) is 99.4 cm³/mol. The van der Waals surface area contributed by atoms with E-state index in [4.69, 9.17) is 4.74 Å². The number of fused-ring (bicyclic) bond motifs is 1. The first-order chi connectivity index (χ1) is 12.5. The van der Waals surface area contributed by atoms with Crippen molar-refractivity contribution in [2.75, 3.05) is 13.7 Å². The van der Waals surface area contributed by atoms with Gasteiger partial charge in [0.25, 0.3) is 11.6 Å². The van der Waals surface area contributed by atoms with Gasteiger partial charge in [-0.1, -0.05) is 29.0 Å². The molecule has 134 valence electrons. The third-order valence-electron chi connectivity index (χ3n) is 3.89. The SMILES string of the molecule is COCCn1c(=NC(=O)c2ccc(C)cc2)sc2cc([N+](=O)[O-])ccc21. The van der Waals surface area contributed by atoms with E-state index in [0.29, 0.717) is 28.2 Å². The van der Waals surface area contributed by atoms with Crippen molar-refractivity contribution >= 4 is 33.1 Å². The van der Waals surface area contributed by atoms with E-state index in [1.54, 1.807) is 25.3 Å². The lowest BCUT2D eigenvalue weighted by Gasteiger charge is -2.04. The first-order valence-electron chi connectivity index (χ1n) is 7.92. The van der Waals surface area contributed by atoms with Crippen molar-refractivity contribution in [3.8, 4) is 0 Å². The first kappa shape index (κ1) is 18.0. The summed E-state index contributed by atoms with van der Waals surface area (Å²) in [5, 5.41) is 11.0. The summed E-state index contributed by atoms with van der Waals surface area (Å²) in [7, 11) is 1.59. The molecule has 0 saturated carbocycles. The van der Waals surface area contributed by atoms with Gasteiger partial charge in [-0.05, 0) is 25.1 Å². The van der Waals surface area contributed by atoms with Crippen molar-refractivity contribution in [3.63, 3.8) is 0 Å². The van der Waals surface area contributed by atoms with Crippen LogP contribution in [-0.4, -0.2) is 29.1 Å². The van der Waals surface area contributed by atoms with E-state index in [1.165, 1.54) is 23.5 Å². The lowest BCUT2D eigenvalue weighted by molar-refractivity contribution is -0.384. The van der Waals surface area contributed by atoms with Crippen LogP contribution in [0.15, 0.2) is 47.5 Å². The Morgan fingerprint density at radius 2 is 2.00 bits per heavy atom. The van der Waals surface area contributed by atoms with Gasteiger partial charge >= 0.3 is 0 Å². The molecule has 0 bridgehead atoms. The number of thiazole rings is 1. The number of methoxy groups -OCH3 is 1. The molecule has 0 aliphatic carbocycles. The van der Waals surface area contributed by atoms with Crippen LogP contribution < -0.4 is 4.80 Å². The second kappa shape index (κ2) is 7.59. The van der Waals surface area contributed by atoms with Gasteiger partial charge in [0.2, 0.25) is 0 Å². The number of nitrogens with zero attached hydrogens (tertiary/aromatic N) is 3. The standard InChI is InChI=1S/C18H17N3O4S/c1-12-3-5-13(6-4-12)17(22)19-18-20(9-10-25-2)15-8-7-14(21(23)24)11-16(15)26-18/h3-8,11H,9-10H2,1-2H3. The van der Waals surface area contributed by atoms with E-state index < -0.39 is 4.92 Å². The molecule has 0 aliphatic rings. The summed E-state index contributed by atoms with van der Waals surface area (Å²) < 4.78 is 7.68. The number of hydrogen-bond acceptors (Lipinski definition) is 5. The van der Waals surface area contributed by atoms with Gasteiger partial charge in [-0.3, -0.25) is 14.9 Å². The van der Waals surface area contributed by atoms with Gasteiger partial charge in [0.05, 0.1) is 21.7 Å². The summed E-state index contributed by atoms with van der Waals surface area (Å²) in [5.74, 6) is -0.350. The lowest BCUT2D eigenvalue weighted by atomic mass is 10.1. The topological polar surface area (TPSA) is 86.7 Å². The second-order valence-electron chi connectivity index (χ2n) is 5.72. The fourth-order valence-corrected chi connectivity index (χ4v) is 3.59. The Bertz CT molecular complexity index is 1030. The molecule has 0 N–H and O–H groups in total. The zero-order valence-electron chi connectivity index (χ0n) is 14.3. The van der Waals surface area contributed by atoms with Gasteiger partial charge in [0.15, 0.2) is 4.80 Å². The highest BCUT2D eigenvalue weighted by Gasteiger charge is 2.13. The maximum Gasteiger partial charge on any atom is 0.279 e. The van der Waals surface area contributed by atoms with Crippen LogP contribution in [0, 0.1) is 17.0 Å². The molecular weight excluding hydrogens is 354 g/mol. The average molecular weight is 371 g/mol. The highest BCUT2D eigenvalue weighted by molar-refractivity contribution is 7.16. The van der Waals surface area contributed by atoms with E-state index in [9.17, 15) is 14.9 Å². The molecule has 0 spiro atoms. The number of non-ortho nitro benzene ring substituents is 1. The second-order valence-corrected chi connectivity index (χ2v) is 6.73. The smallest absolute Gasteiger partial charge is 0.279 e. The van der Waals surface area contributed by atoms with Crippen LogP contribution in [0.4, 0.5) is 5.69 Å². The van der Waals surface area contributed by atoms with Gasteiger partial charge < -0.3 is 9.30 Å². The molecule has 1 heterocycles. The fraction of sp³-hybridized carbons (Fsp3) is 0.222. The Balaban J connectivity index is 2.11. The summed E-state index contributed by atoms with van der Waals surface area (Å²) >= 11 is 1.25. The quantitative estimate of drug-likeness (QED) is 0.508. The van der Waals surface area contributed by atoms with Crippen molar-refractivity contribution < 1.29 is 14.5 Å². The van der Waals surface area contributed by atoms with E-state index >= 15 is 0 Å². The van der Waals surface area contributed by atoms with Crippen molar-refractivity contribution in [1.29, 1.82) is 0 Å². The predicted octanol–water partition coefficient (Wildman–Crippen LogP) is 3.31. The number of nitro benzene ring substituents is 1. The summed E-state index contributed by atoms with van der Waals surface area (Å²) in [6, 6.07) is 11.8. The van der Waals surface area contributed by atoms with E-state index in [2.05, 4.69) is 4.99 Å². The number of amides is 1. The normalized spacial score (nSPS) is 11.8. The molecule has 1 amide bonds. The molecule has 3 rings (SSSR count). The molecule has 26 heavy (non-hydrogen) atoms. The van der Waals surface area contributed by atoms with Gasteiger partial charge in [0, 0.05) is 31.4 Å². The Kier molecular flexibility index (Phi) is 5.24. The van der Waals surface area contributed by atoms with Crippen LogP contribution in [0.3, 0.4) is 0 Å². The first-order valence-corrected chi connectivity index (χ1v) is 8.73. The maximum atomic E-state index is 12.5.